The topological polar surface area (TPSA) is 155 Å². The summed E-state index contributed by atoms with van der Waals surface area (Å²) in [5.41, 5.74) is 10.3. The highest BCUT2D eigenvalue weighted by atomic mass is 16.5. The number of hydrogen-bond acceptors (Lipinski definition) is 10. The van der Waals surface area contributed by atoms with Crippen molar-refractivity contribution in [3.05, 3.63) is 148 Å². The van der Waals surface area contributed by atoms with E-state index in [0.29, 0.717) is 33.6 Å². The molecule has 0 spiro atoms. The molecule has 1 unspecified atom stereocenters. The third-order valence-corrected chi connectivity index (χ3v) is 8.03. The van der Waals surface area contributed by atoms with E-state index in [4.69, 9.17) is 19.9 Å². The van der Waals surface area contributed by atoms with Crippen molar-refractivity contribution in [1.82, 2.24) is 0 Å². The number of anilines is 1. The predicted molar refractivity (Wildman–Crippen MR) is 190 cm³/mol. The summed E-state index contributed by atoms with van der Waals surface area (Å²) in [7, 11) is 2.87. The van der Waals surface area contributed by atoms with Gasteiger partial charge in [-0.1, -0.05) is 54.6 Å². The fraction of sp³-hybridized carbons (Fsp3) is 0.125. The molecule has 4 aromatic carbocycles. The minimum atomic E-state index is -1.01. The van der Waals surface area contributed by atoms with E-state index in [-0.39, 0.29) is 46.6 Å². The number of ketones is 1. The second kappa shape index (κ2) is 15.4. The van der Waals surface area contributed by atoms with Crippen LogP contribution in [-0.2, 0) is 14.3 Å². The second-order valence-electron chi connectivity index (χ2n) is 11.0. The van der Waals surface area contributed by atoms with E-state index >= 15 is 0 Å². The van der Waals surface area contributed by atoms with Crippen LogP contribution in [0.4, 0.5) is 5.69 Å². The number of hydrogen-bond donors (Lipinski definition) is 3. The van der Waals surface area contributed by atoms with Gasteiger partial charge in [-0.25, -0.2) is 4.79 Å². The molecule has 0 radical (unpaired) electrons. The molecule has 4 aromatic rings. The Balaban J connectivity index is 1.82. The van der Waals surface area contributed by atoms with Crippen molar-refractivity contribution in [1.29, 1.82) is 5.26 Å². The number of carbonyl (C=O) groups is 2. The van der Waals surface area contributed by atoms with Crippen LogP contribution >= 0.6 is 0 Å². The van der Waals surface area contributed by atoms with Crippen molar-refractivity contribution in [2.45, 2.75) is 12.8 Å². The lowest BCUT2D eigenvalue weighted by Crippen LogP contribution is -2.39. The van der Waals surface area contributed by atoms with Crippen LogP contribution in [-0.4, -0.2) is 42.8 Å². The number of para-hydroxylation sites is 1. The minimum absolute atomic E-state index is 0.0357. The molecule has 0 amide bonds. The van der Waals surface area contributed by atoms with Crippen LogP contribution in [0.2, 0.25) is 0 Å². The maximum Gasteiger partial charge on any atom is 0.338 e. The van der Waals surface area contributed by atoms with Gasteiger partial charge in [0, 0.05) is 11.3 Å². The fourth-order valence-corrected chi connectivity index (χ4v) is 5.65. The molecule has 10 heteroatoms. The number of nitrogens with zero attached hydrogens (tertiary/aromatic N) is 2. The van der Waals surface area contributed by atoms with Gasteiger partial charge in [0.25, 0.3) is 0 Å². The molecular formula is C40H35N3O7. The largest absolute Gasteiger partial charge is 0.504 e. The van der Waals surface area contributed by atoms with Crippen LogP contribution in [0.3, 0.4) is 0 Å². The van der Waals surface area contributed by atoms with Crippen LogP contribution in [0.1, 0.15) is 35.1 Å². The molecule has 4 N–H and O–H groups in total. The summed E-state index contributed by atoms with van der Waals surface area (Å²) in [6.07, 6.45) is 6.42. The highest BCUT2D eigenvalue weighted by molar-refractivity contribution is 6.12. The Hall–Kier alpha value is -6.73. The zero-order chi connectivity index (χ0) is 35.8. The Morgan fingerprint density at radius 2 is 1.44 bits per heavy atom. The van der Waals surface area contributed by atoms with Crippen molar-refractivity contribution >= 4 is 29.6 Å². The smallest absolute Gasteiger partial charge is 0.338 e. The molecule has 0 aromatic heterocycles. The summed E-state index contributed by atoms with van der Waals surface area (Å²) >= 11 is 0. The Morgan fingerprint density at radius 1 is 0.840 bits per heavy atom. The number of methoxy groups -OCH3 is 2. The van der Waals surface area contributed by atoms with Gasteiger partial charge >= 0.3 is 5.97 Å². The van der Waals surface area contributed by atoms with Crippen LogP contribution in [0.25, 0.3) is 12.2 Å². The van der Waals surface area contributed by atoms with Gasteiger partial charge in [-0.2, -0.15) is 5.26 Å². The number of phenols is 2. The zero-order valence-corrected chi connectivity index (χ0v) is 27.7. The summed E-state index contributed by atoms with van der Waals surface area (Å²) in [5.74, 6) is -1.72. The number of carbonyl (C=O) groups excluding carboxylic acids is 2. The molecule has 1 heterocycles. The Morgan fingerprint density at radius 3 is 2.00 bits per heavy atom. The van der Waals surface area contributed by atoms with Gasteiger partial charge in [0.05, 0.1) is 49.6 Å². The quantitative estimate of drug-likeness (QED) is 0.118. The summed E-state index contributed by atoms with van der Waals surface area (Å²) in [4.78, 5) is 30.1. The van der Waals surface area contributed by atoms with Crippen LogP contribution in [0.15, 0.2) is 126 Å². The van der Waals surface area contributed by atoms with Crippen molar-refractivity contribution in [3.8, 4) is 29.1 Å². The molecule has 0 fully saturated rings. The normalized spacial score (nSPS) is 14.6. The first kappa shape index (κ1) is 34.6. The molecule has 1 aliphatic rings. The average molecular weight is 670 g/mol. The van der Waals surface area contributed by atoms with Gasteiger partial charge in [0.2, 0.25) is 0 Å². The Kier molecular flexibility index (Phi) is 10.7. The number of rotatable bonds is 11. The van der Waals surface area contributed by atoms with Gasteiger partial charge < -0.3 is 30.2 Å². The molecule has 1 aliphatic heterocycles. The highest BCUT2D eigenvalue weighted by Crippen LogP contribution is 2.44. The number of aromatic hydroxyl groups is 2. The first-order valence-corrected chi connectivity index (χ1v) is 15.6. The first-order valence-electron chi connectivity index (χ1n) is 15.6. The lowest BCUT2D eigenvalue weighted by Gasteiger charge is -2.37. The number of phenolic OH excluding ortho intramolecular Hbond substituents is 2. The third-order valence-electron chi connectivity index (χ3n) is 8.03. The summed E-state index contributed by atoms with van der Waals surface area (Å²) < 4.78 is 16.1. The third kappa shape index (κ3) is 7.22. The Bertz CT molecular complexity index is 2070. The lowest BCUT2D eigenvalue weighted by atomic mass is 9.78. The van der Waals surface area contributed by atoms with E-state index in [9.17, 15) is 25.1 Å². The van der Waals surface area contributed by atoms with Gasteiger partial charge in [-0.15, -0.1) is 0 Å². The van der Waals surface area contributed by atoms with Crippen molar-refractivity contribution in [3.63, 3.8) is 0 Å². The van der Waals surface area contributed by atoms with Crippen molar-refractivity contribution in [2.75, 3.05) is 25.7 Å². The minimum Gasteiger partial charge on any atom is -0.504 e. The molecule has 0 aliphatic carbocycles. The predicted octanol–water partition coefficient (Wildman–Crippen LogP) is 6.57. The van der Waals surface area contributed by atoms with Gasteiger partial charge in [-0.3, -0.25) is 9.69 Å². The number of allylic oxidation sites excluding steroid dienone is 3. The molecule has 50 heavy (non-hydrogen) atoms. The molecule has 5 rings (SSSR count). The molecule has 1 atom stereocenters. The zero-order valence-electron chi connectivity index (χ0n) is 27.7. The van der Waals surface area contributed by atoms with Crippen molar-refractivity contribution in [2.24, 2.45) is 5.73 Å². The van der Waals surface area contributed by atoms with E-state index in [1.54, 1.807) is 90.7 Å². The standard InChI is InChI=1S/C40H35N3O7/c1-4-50-40(47)38-36(28-16-10-27(24-41)11-17-28)37(33(46)21-15-26-14-20-32(45)35(23-26)49-3)30(43(39(38)42)29-8-6-5-7-9-29)18-12-25-13-19-31(44)34(22-25)48-2/h5-23,36,44-45H,4,42H2,1-3H3. The molecule has 0 saturated heterocycles. The molecule has 10 nitrogen and oxygen atoms in total. The van der Waals surface area contributed by atoms with Crippen molar-refractivity contribution < 1.29 is 34.0 Å². The Labute approximate surface area is 289 Å². The maximum atomic E-state index is 14.7. The second-order valence-corrected chi connectivity index (χ2v) is 11.0. The fourth-order valence-electron chi connectivity index (χ4n) is 5.65. The van der Waals surface area contributed by atoms with E-state index in [0.717, 1.165) is 0 Å². The number of benzene rings is 4. The monoisotopic (exact) mass is 669 g/mol. The summed E-state index contributed by atoms with van der Waals surface area (Å²) in [5, 5.41) is 29.8. The number of nitriles is 1. The molecule has 0 saturated carbocycles. The SMILES string of the molecule is CCOC(=O)C1=C(N)N(c2ccccc2)C(C=Cc2ccc(O)c(OC)c2)=C(C(=O)C=Cc2ccc(O)c(OC)c2)C1c1ccc(C#N)cc1. The van der Waals surface area contributed by atoms with E-state index in [1.807, 2.05) is 18.2 Å². The van der Waals surface area contributed by atoms with Gasteiger partial charge in [-0.05, 0) is 84.3 Å². The highest BCUT2D eigenvalue weighted by Gasteiger charge is 2.41. The van der Waals surface area contributed by atoms with E-state index < -0.39 is 17.7 Å². The number of esters is 1. The summed E-state index contributed by atoms with van der Waals surface area (Å²) in [6, 6.07) is 27.2. The molecule has 252 valence electrons. The first-order chi connectivity index (χ1) is 24.2. The van der Waals surface area contributed by atoms with E-state index in [2.05, 4.69) is 6.07 Å². The van der Waals surface area contributed by atoms with Crippen LogP contribution in [0.5, 0.6) is 23.0 Å². The summed E-state index contributed by atoms with van der Waals surface area (Å²) in [6.45, 7) is 1.74. The van der Waals surface area contributed by atoms with Gasteiger partial charge in [0.15, 0.2) is 28.8 Å². The van der Waals surface area contributed by atoms with Crippen LogP contribution < -0.4 is 20.1 Å². The lowest BCUT2D eigenvalue weighted by molar-refractivity contribution is -0.138. The maximum absolute atomic E-state index is 14.7. The number of nitrogens with two attached hydrogens (primary N) is 1. The molecular weight excluding hydrogens is 634 g/mol. The number of ether oxygens (including phenoxy) is 3. The average Bonchev–Trinajstić information content (AvgIpc) is 3.14. The van der Waals surface area contributed by atoms with Gasteiger partial charge in [0.1, 0.15) is 5.82 Å². The van der Waals surface area contributed by atoms with Crippen LogP contribution in [0, 0.1) is 11.3 Å². The molecule has 0 bridgehead atoms. The van der Waals surface area contributed by atoms with E-state index in [1.165, 1.54) is 32.4 Å².